The summed E-state index contributed by atoms with van der Waals surface area (Å²) in [5.41, 5.74) is 4.52. The molecular formula is C16H26N2. The molecule has 1 aromatic rings. The number of fused-ring (bicyclic) bond motifs is 1. The van der Waals surface area contributed by atoms with E-state index in [9.17, 15) is 0 Å². The van der Waals surface area contributed by atoms with Crippen molar-refractivity contribution in [2.45, 2.75) is 58.7 Å². The van der Waals surface area contributed by atoms with E-state index >= 15 is 0 Å². The number of nitrogens with zero attached hydrogens (tertiary/aromatic N) is 1. The van der Waals surface area contributed by atoms with Crippen LogP contribution in [-0.2, 0) is 12.8 Å². The standard InChI is InChI=1S/C16H26N2/c1-11(2)18-13(4)10-15-8-6-7-14(16(15)18)9-12(3)17-5/h6-8,11-13,17H,9-10H2,1-5H3. The first-order valence-corrected chi connectivity index (χ1v) is 7.11. The van der Waals surface area contributed by atoms with E-state index < -0.39 is 0 Å². The number of para-hydroxylation sites is 1. The number of hydrogen-bond donors (Lipinski definition) is 1. The third-order valence-corrected chi connectivity index (χ3v) is 4.03. The van der Waals surface area contributed by atoms with Crippen molar-refractivity contribution in [2.24, 2.45) is 0 Å². The van der Waals surface area contributed by atoms with Gasteiger partial charge in [-0.2, -0.15) is 0 Å². The average molecular weight is 246 g/mol. The predicted octanol–water partition coefficient (Wildman–Crippen LogP) is 3.00. The van der Waals surface area contributed by atoms with E-state index in [1.807, 2.05) is 7.05 Å². The second-order valence-corrected chi connectivity index (χ2v) is 5.87. The molecule has 0 aliphatic carbocycles. The molecule has 1 N–H and O–H groups in total. The summed E-state index contributed by atoms with van der Waals surface area (Å²) in [5, 5.41) is 3.34. The summed E-state index contributed by atoms with van der Waals surface area (Å²) in [5.74, 6) is 0. The molecule has 0 bridgehead atoms. The SMILES string of the molecule is CNC(C)Cc1cccc2c1N(C(C)C)C(C)C2. The molecule has 2 heteroatoms. The summed E-state index contributed by atoms with van der Waals surface area (Å²) in [7, 11) is 2.04. The highest BCUT2D eigenvalue weighted by Gasteiger charge is 2.29. The monoisotopic (exact) mass is 246 g/mol. The fourth-order valence-corrected chi connectivity index (χ4v) is 3.14. The van der Waals surface area contributed by atoms with E-state index in [1.54, 1.807) is 0 Å². The van der Waals surface area contributed by atoms with E-state index in [0.29, 0.717) is 18.1 Å². The quantitative estimate of drug-likeness (QED) is 0.878. The molecule has 1 aliphatic heterocycles. The molecule has 1 aromatic carbocycles. The van der Waals surface area contributed by atoms with E-state index in [0.717, 1.165) is 6.42 Å². The molecule has 18 heavy (non-hydrogen) atoms. The lowest BCUT2D eigenvalue weighted by Gasteiger charge is -2.31. The Balaban J connectivity index is 2.37. The molecule has 2 unspecified atom stereocenters. The van der Waals surface area contributed by atoms with Crippen LogP contribution < -0.4 is 10.2 Å². The third kappa shape index (κ3) is 2.39. The largest absolute Gasteiger partial charge is 0.366 e. The molecule has 1 heterocycles. The Bertz CT molecular complexity index is 412. The zero-order chi connectivity index (χ0) is 13.3. The second kappa shape index (κ2) is 5.31. The number of anilines is 1. The normalized spacial score (nSPS) is 20.3. The minimum Gasteiger partial charge on any atom is -0.366 e. The van der Waals surface area contributed by atoms with Gasteiger partial charge in [-0.3, -0.25) is 0 Å². The van der Waals surface area contributed by atoms with Crippen LogP contribution in [0.15, 0.2) is 18.2 Å². The van der Waals surface area contributed by atoms with Crippen LogP contribution in [-0.4, -0.2) is 25.2 Å². The number of benzene rings is 1. The molecular weight excluding hydrogens is 220 g/mol. The maximum Gasteiger partial charge on any atom is 0.0437 e. The van der Waals surface area contributed by atoms with Gasteiger partial charge in [-0.15, -0.1) is 0 Å². The molecule has 100 valence electrons. The fraction of sp³-hybridized carbons (Fsp3) is 0.625. The molecule has 2 atom stereocenters. The summed E-state index contributed by atoms with van der Waals surface area (Å²) in [4.78, 5) is 2.59. The topological polar surface area (TPSA) is 15.3 Å². The van der Waals surface area contributed by atoms with Gasteiger partial charge in [0.25, 0.3) is 0 Å². The van der Waals surface area contributed by atoms with Gasteiger partial charge in [0, 0.05) is 23.8 Å². The maximum atomic E-state index is 3.34. The van der Waals surface area contributed by atoms with Crippen molar-refractivity contribution in [3.05, 3.63) is 29.3 Å². The Kier molecular flexibility index (Phi) is 3.96. The van der Waals surface area contributed by atoms with Crippen molar-refractivity contribution < 1.29 is 0 Å². The molecule has 2 nitrogen and oxygen atoms in total. The van der Waals surface area contributed by atoms with Crippen LogP contribution in [0, 0.1) is 0 Å². The van der Waals surface area contributed by atoms with E-state index in [2.05, 4.69) is 56.1 Å². The van der Waals surface area contributed by atoms with E-state index in [-0.39, 0.29) is 0 Å². The van der Waals surface area contributed by atoms with Gasteiger partial charge in [0.15, 0.2) is 0 Å². The summed E-state index contributed by atoms with van der Waals surface area (Å²) in [6, 6.07) is 8.54. The van der Waals surface area contributed by atoms with Gasteiger partial charge in [0.05, 0.1) is 0 Å². The molecule has 0 amide bonds. The Morgan fingerprint density at radius 2 is 2.06 bits per heavy atom. The van der Waals surface area contributed by atoms with Crippen LogP contribution in [0.1, 0.15) is 38.8 Å². The smallest absolute Gasteiger partial charge is 0.0437 e. The number of likely N-dealkylation sites (N-methyl/N-ethyl adjacent to an activating group) is 1. The minimum atomic E-state index is 0.529. The Morgan fingerprint density at radius 3 is 2.67 bits per heavy atom. The number of hydrogen-bond acceptors (Lipinski definition) is 2. The van der Waals surface area contributed by atoms with Crippen LogP contribution in [0.2, 0.25) is 0 Å². The molecule has 1 aliphatic rings. The molecule has 0 spiro atoms. The highest BCUT2D eigenvalue weighted by molar-refractivity contribution is 5.65. The van der Waals surface area contributed by atoms with Gasteiger partial charge in [-0.25, -0.2) is 0 Å². The molecule has 0 fully saturated rings. The Labute approximate surface area is 111 Å². The zero-order valence-corrected chi connectivity index (χ0v) is 12.3. The third-order valence-electron chi connectivity index (χ3n) is 4.03. The lowest BCUT2D eigenvalue weighted by atomic mass is 10.0. The Morgan fingerprint density at radius 1 is 1.33 bits per heavy atom. The lowest BCUT2D eigenvalue weighted by molar-refractivity contribution is 0.590. The molecule has 0 aromatic heterocycles. The molecule has 0 saturated heterocycles. The zero-order valence-electron chi connectivity index (χ0n) is 12.3. The van der Waals surface area contributed by atoms with Crippen LogP contribution >= 0.6 is 0 Å². The van der Waals surface area contributed by atoms with Crippen molar-refractivity contribution >= 4 is 5.69 Å². The van der Waals surface area contributed by atoms with Crippen LogP contribution in [0.25, 0.3) is 0 Å². The highest BCUT2D eigenvalue weighted by Crippen LogP contribution is 2.37. The lowest BCUT2D eigenvalue weighted by Crippen LogP contribution is -2.36. The average Bonchev–Trinajstić information content (AvgIpc) is 2.66. The predicted molar refractivity (Wildman–Crippen MR) is 79.4 cm³/mol. The number of nitrogens with one attached hydrogen (secondary N) is 1. The molecule has 0 saturated carbocycles. The summed E-state index contributed by atoms with van der Waals surface area (Å²) < 4.78 is 0. The van der Waals surface area contributed by atoms with E-state index in [1.165, 1.54) is 23.2 Å². The summed E-state index contributed by atoms with van der Waals surface area (Å²) in [6.45, 7) is 9.18. The van der Waals surface area contributed by atoms with Crippen LogP contribution in [0.4, 0.5) is 5.69 Å². The van der Waals surface area contributed by atoms with Gasteiger partial charge in [0.1, 0.15) is 0 Å². The highest BCUT2D eigenvalue weighted by atomic mass is 15.2. The van der Waals surface area contributed by atoms with Crippen molar-refractivity contribution in [1.29, 1.82) is 0 Å². The van der Waals surface area contributed by atoms with Gasteiger partial charge in [0.2, 0.25) is 0 Å². The van der Waals surface area contributed by atoms with Gasteiger partial charge >= 0.3 is 0 Å². The van der Waals surface area contributed by atoms with Crippen molar-refractivity contribution in [3.8, 4) is 0 Å². The van der Waals surface area contributed by atoms with Gasteiger partial charge in [-0.1, -0.05) is 18.2 Å². The van der Waals surface area contributed by atoms with Crippen molar-refractivity contribution in [3.63, 3.8) is 0 Å². The first-order chi connectivity index (χ1) is 8.54. The molecule has 0 radical (unpaired) electrons. The fourth-order valence-electron chi connectivity index (χ4n) is 3.14. The first-order valence-electron chi connectivity index (χ1n) is 7.11. The van der Waals surface area contributed by atoms with Gasteiger partial charge < -0.3 is 10.2 Å². The van der Waals surface area contributed by atoms with E-state index in [4.69, 9.17) is 0 Å². The number of rotatable bonds is 4. The first kappa shape index (κ1) is 13.4. The Hall–Kier alpha value is -1.02. The van der Waals surface area contributed by atoms with Crippen LogP contribution in [0.3, 0.4) is 0 Å². The van der Waals surface area contributed by atoms with Crippen molar-refractivity contribution in [1.82, 2.24) is 5.32 Å². The molecule has 2 rings (SSSR count). The summed E-state index contributed by atoms with van der Waals surface area (Å²) >= 11 is 0. The van der Waals surface area contributed by atoms with Crippen molar-refractivity contribution in [2.75, 3.05) is 11.9 Å². The summed E-state index contributed by atoms with van der Waals surface area (Å²) in [6.07, 6.45) is 2.30. The second-order valence-electron chi connectivity index (χ2n) is 5.87. The van der Waals surface area contributed by atoms with Gasteiger partial charge in [-0.05, 0) is 58.7 Å². The maximum absolute atomic E-state index is 3.34. The minimum absolute atomic E-state index is 0.529. The van der Waals surface area contributed by atoms with Crippen LogP contribution in [0.5, 0.6) is 0 Å².